The van der Waals surface area contributed by atoms with Gasteiger partial charge in [0, 0.05) is 24.3 Å². The average Bonchev–Trinajstić information content (AvgIpc) is 2.82. The smallest absolute Gasteiger partial charge is 0.303 e. The van der Waals surface area contributed by atoms with E-state index in [1.165, 1.54) is 5.56 Å². The Balaban J connectivity index is 1.72. The molecule has 0 aliphatic carbocycles. The lowest BCUT2D eigenvalue weighted by Crippen LogP contribution is -2.32. The van der Waals surface area contributed by atoms with E-state index in [2.05, 4.69) is 13.0 Å². The van der Waals surface area contributed by atoms with Crippen molar-refractivity contribution >= 4 is 17.6 Å². The van der Waals surface area contributed by atoms with E-state index in [0.717, 1.165) is 34.7 Å². The largest absolute Gasteiger partial charge is 0.487 e. The lowest BCUT2D eigenvalue weighted by atomic mass is 9.91. The van der Waals surface area contributed by atoms with Crippen LogP contribution >= 0.6 is 11.6 Å². The van der Waals surface area contributed by atoms with Gasteiger partial charge in [0.05, 0.1) is 0 Å². The van der Waals surface area contributed by atoms with E-state index in [0.29, 0.717) is 6.42 Å². The van der Waals surface area contributed by atoms with Gasteiger partial charge in [0.25, 0.3) is 0 Å². The highest BCUT2D eigenvalue weighted by atomic mass is 35.5. The van der Waals surface area contributed by atoms with Gasteiger partial charge in [-0.05, 0) is 48.2 Å². The van der Waals surface area contributed by atoms with Crippen LogP contribution in [0.1, 0.15) is 30.0 Å². The van der Waals surface area contributed by atoms with Gasteiger partial charge in [-0.25, -0.2) is 0 Å². The Morgan fingerprint density at radius 3 is 2.61 bits per heavy atom. The van der Waals surface area contributed by atoms with Crippen molar-refractivity contribution in [1.82, 2.24) is 0 Å². The molecule has 120 valence electrons. The highest BCUT2D eigenvalue weighted by Crippen LogP contribution is 2.37. The minimum absolute atomic E-state index is 0.154. The Kier molecular flexibility index (Phi) is 4.31. The first kappa shape index (κ1) is 15.9. The number of ether oxygens (including phenoxy) is 1. The maximum atomic E-state index is 10.7. The molecule has 1 N–H and O–H groups in total. The number of aliphatic carboxylic acids is 1. The van der Waals surface area contributed by atoms with Crippen molar-refractivity contribution < 1.29 is 14.6 Å². The molecule has 2 aromatic rings. The lowest BCUT2D eigenvalue weighted by Gasteiger charge is -2.24. The number of aryl methyl sites for hydroxylation is 1. The van der Waals surface area contributed by atoms with Crippen molar-refractivity contribution in [3.63, 3.8) is 0 Å². The molecule has 23 heavy (non-hydrogen) atoms. The van der Waals surface area contributed by atoms with Crippen LogP contribution in [0.2, 0.25) is 5.02 Å². The number of halogens is 1. The molecular weight excluding hydrogens is 312 g/mol. The van der Waals surface area contributed by atoms with Crippen LogP contribution in [0.3, 0.4) is 0 Å². The van der Waals surface area contributed by atoms with E-state index in [-0.39, 0.29) is 12.0 Å². The fourth-order valence-electron chi connectivity index (χ4n) is 3.11. The summed E-state index contributed by atoms with van der Waals surface area (Å²) in [7, 11) is 0. The van der Waals surface area contributed by atoms with Crippen LogP contribution in [0.5, 0.6) is 5.75 Å². The summed E-state index contributed by atoms with van der Waals surface area (Å²) in [6.45, 7) is 2.11. The van der Waals surface area contributed by atoms with Gasteiger partial charge in [-0.3, -0.25) is 4.79 Å². The third-order valence-electron chi connectivity index (χ3n) is 4.16. The van der Waals surface area contributed by atoms with Crippen molar-refractivity contribution in [2.75, 3.05) is 0 Å². The Morgan fingerprint density at radius 1 is 1.22 bits per heavy atom. The molecule has 0 spiro atoms. The van der Waals surface area contributed by atoms with Gasteiger partial charge in [0.2, 0.25) is 0 Å². The molecule has 0 fully saturated rings. The third kappa shape index (κ3) is 3.85. The molecule has 0 aromatic heterocycles. The maximum Gasteiger partial charge on any atom is 0.303 e. The SMILES string of the molecule is C[C@@]1(Cc2ccc(Cl)cc2)Cc2cc(CCC(=O)O)ccc2O1. The number of carboxylic acids is 1. The monoisotopic (exact) mass is 330 g/mol. The van der Waals surface area contributed by atoms with Crippen LogP contribution in [0.4, 0.5) is 0 Å². The fraction of sp³-hybridized carbons (Fsp3) is 0.316. The normalized spacial score (nSPS) is 19.2. The zero-order chi connectivity index (χ0) is 16.4. The molecule has 0 saturated heterocycles. The van der Waals surface area contributed by atoms with Crippen molar-refractivity contribution in [2.24, 2.45) is 0 Å². The average molecular weight is 331 g/mol. The van der Waals surface area contributed by atoms with Crippen LogP contribution < -0.4 is 4.74 Å². The highest BCUT2D eigenvalue weighted by molar-refractivity contribution is 6.30. The van der Waals surface area contributed by atoms with E-state index in [1.54, 1.807) is 0 Å². The standard InChI is InChI=1S/C19H19ClO3/c1-19(11-14-2-6-16(20)7-3-14)12-15-10-13(5-9-18(21)22)4-8-17(15)23-19/h2-4,6-8,10H,5,9,11-12H2,1H3,(H,21,22)/t19-/m1/s1. The molecule has 3 rings (SSSR count). The number of hydrogen-bond acceptors (Lipinski definition) is 2. The molecule has 3 nitrogen and oxygen atoms in total. The van der Waals surface area contributed by atoms with Gasteiger partial charge in [0.1, 0.15) is 11.4 Å². The molecule has 0 amide bonds. The summed E-state index contributed by atoms with van der Waals surface area (Å²) in [5, 5.41) is 9.53. The molecule has 1 aliphatic rings. The van der Waals surface area contributed by atoms with E-state index in [1.807, 2.05) is 36.4 Å². The van der Waals surface area contributed by atoms with E-state index in [4.69, 9.17) is 21.4 Å². The van der Waals surface area contributed by atoms with E-state index >= 15 is 0 Å². The number of benzene rings is 2. The first-order chi connectivity index (χ1) is 10.9. The second kappa shape index (κ2) is 6.25. The predicted octanol–water partition coefficient (Wildman–Crippen LogP) is 4.29. The number of carboxylic acid groups (broad SMARTS) is 1. The van der Waals surface area contributed by atoms with Crippen LogP contribution in [0, 0.1) is 0 Å². The third-order valence-corrected chi connectivity index (χ3v) is 4.42. The van der Waals surface area contributed by atoms with E-state index < -0.39 is 5.97 Å². The summed E-state index contributed by atoms with van der Waals surface area (Å²) < 4.78 is 6.16. The minimum atomic E-state index is -0.769. The van der Waals surface area contributed by atoms with Crippen molar-refractivity contribution in [3.8, 4) is 5.75 Å². The van der Waals surface area contributed by atoms with Gasteiger partial charge in [-0.15, -0.1) is 0 Å². The highest BCUT2D eigenvalue weighted by Gasteiger charge is 2.35. The first-order valence-electron chi connectivity index (χ1n) is 7.71. The predicted molar refractivity (Wildman–Crippen MR) is 90.3 cm³/mol. The quantitative estimate of drug-likeness (QED) is 0.889. The molecule has 1 atom stereocenters. The van der Waals surface area contributed by atoms with Crippen molar-refractivity contribution in [3.05, 3.63) is 64.2 Å². The second-order valence-corrected chi connectivity index (χ2v) is 6.80. The number of fused-ring (bicyclic) bond motifs is 1. The Bertz CT molecular complexity index is 724. The van der Waals surface area contributed by atoms with Crippen molar-refractivity contribution in [1.29, 1.82) is 0 Å². The molecule has 1 aliphatic heterocycles. The minimum Gasteiger partial charge on any atom is -0.487 e. The number of rotatable bonds is 5. The number of carbonyl (C=O) groups is 1. The van der Waals surface area contributed by atoms with Crippen LogP contribution in [-0.2, 0) is 24.1 Å². The molecule has 0 bridgehead atoms. The van der Waals surface area contributed by atoms with Gasteiger partial charge in [-0.1, -0.05) is 35.9 Å². The topological polar surface area (TPSA) is 46.5 Å². The molecule has 1 heterocycles. The molecule has 0 saturated carbocycles. The zero-order valence-electron chi connectivity index (χ0n) is 13.0. The van der Waals surface area contributed by atoms with Crippen LogP contribution in [0.25, 0.3) is 0 Å². The summed E-state index contributed by atoms with van der Waals surface area (Å²) in [5.74, 6) is 0.134. The Labute approximate surface area is 140 Å². The van der Waals surface area contributed by atoms with Gasteiger partial charge >= 0.3 is 5.97 Å². The molecular formula is C19H19ClO3. The maximum absolute atomic E-state index is 10.7. The van der Waals surface area contributed by atoms with Gasteiger partial charge < -0.3 is 9.84 Å². The van der Waals surface area contributed by atoms with E-state index in [9.17, 15) is 4.79 Å². The van der Waals surface area contributed by atoms with Gasteiger partial charge in [-0.2, -0.15) is 0 Å². The van der Waals surface area contributed by atoms with Crippen LogP contribution in [0.15, 0.2) is 42.5 Å². The second-order valence-electron chi connectivity index (χ2n) is 6.37. The number of hydrogen-bond donors (Lipinski definition) is 1. The fourth-order valence-corrected chi connectivity index (χ4v) is 3.24. The molecule has 0 radical (unpaired) electrons. The Hall–Kier alpha value is -2.00. The summed E-state index contributed by atoms with van der Waals surface area (Å²) in [6.07, 6.45) is 2.34. The van der Waals surface area contributed by atoms with Crippen LogP contribution in [-0.4, -0.2) is 16.7 Å². The Morgan fingerprint density at radius 2 is 1.91 bits per heavy atom. The van der Waals surface area contributed by atoms with Crippen molar-refractivity contribution in [2.45, 2.75) is 38.2 Å². The lowest BCUT2D eigenvalue weighted by molar-refractivity contribution is -0.136. The molecule has 0 unspecified atom stereocenters. The zero-order valence-corrected chi connectivity index (χ0v) is 13.8. The van der Waals surface area contributed by atoms with Gasteiger partial charge in [0.15, 0.2) is 0 Å². The summed E-state index contributed by atoms with van der Waals surface area (Å²) in [4.78, 5) is 10.7. The summed E-state index contributed by atoms with van der Waals surface area (Å²) in [6, 6.07) is 13.8. The molecule has 2 aromatic carbocycles. The summed E-state index contributed by atoms with van der Waals surface area (Å²) in [5.41, 5.74) is 3.12. The molecule has 4 heteroatoms. The first-order valence-corrected chi connectivity index (χ1v) is 8.08. The summed E-state index contributed by atoms with van der Waals surface area (Å²) >= 11 is 5.93.